The second kappa shape index (κ2) is 5.68. The molecule has 1 aromatic rings. The van der Waals surface area contributed by atoms with Crippen LogP contribution in [0.1, 0.15) is 17.8 Å². The minimum atomic E-state index is -0.276. The highest BCUT2D eigenvalue weighted by molar-refractivity contribution is 5.56. The number of nitrogens with one attached hydrogen (secondary N) is 2. The highest BCUT2D eigenvalue weighted by Gasteiger charge is 2.35. The number of methoxy groups -OCH3 is 1. The number of aromatic nitrogens is 2. The summed E-state index contributed by atoms with van der Waals surface area (Å²) >= 11 is 0. The molecule has 0 radical (unpaired) electrons. The summed E-state index contributed by atoms with van der Waals surface area (Å²) in [6.45, 7) is 5.72. The third-order valence-electron chi connectivity index (χ3n) is 3.47. The van der Waals surface area contributed by atoms with Crippen LogP contribution in [-0.2, 0) is 9.47 Å². The van der Waals surface area contributed by atoms with Crippen molar-refractivity contribution in [1.29, 1.82) is 0 Å². The van der Waals surface area contributed by atoms with Gasteiger partial charge in [-0.3, -0.25) is 0 Å². The number of anilines is 2. The van der Waals surface area contributed by atoms with Gasteiger partial charge in [-0.1, -0.05) is 0 Å². The Morgan fingerprint density at radius 2 is 2.11 bits per heavy atom. The fourth-order valence-electron chi connectivity index (χ4n) is 2.15. The van der Waals surface area contributed by atoms with E-state index in [2.05, 4.69) is 20.7 Å². The van der Waals surface area contributed by atoms with Gasteiger partial charge in [0.1, 0.15) is 23.1 Å². The van der Waals surface area contributed by atoms with Crippen LogP contribution in [0, 0.1) is 13.8 Å². The zero-order chi connectivity index (χ0) is 13.9. The van der Waals surface area contributed by atoms with Crippen LogP contribution in [-0.4, -0.2) is 42.4 Å². The molecule has 0 saturated carbocycles. The van der Waals surface area contributed by atoms with E-state index in [9.17, 15) is 0 Å². The van der Waals surface area contributed by atoms with E-state index in [0.717, 1.165) is 24.4 Å². The highest BCUT2D eigenvalue weighted by atomic mass is 16.5. The molecule has 1 aliphatic heterocycles. The zero-order valence-corrected chi connectivity index (χ0v) is 11.6. The summed E-state index contributed by atoms with van der Waals surface area (Å²) in [5.74, 6) is 7.50. The lowest BCUT2D eigenvalue weighted by Gasteiger charge is -2.26. The number of hydrogen-bond donors (Lipinski definition) is 3. The van der Waals surface area contributed by atoms with Crippen molar-refractivity contribution in [2.24, 2.45) is 5.84 Å². The Kier molecular flexibility index (Phi) is 4.18. The summed E-state index contributed by atoms with van der Waals surface area (Å²) in [7, 11) is 1.71. The molecule has 19 heavy (non-hydrogen) atoms. The van der Waals surface area contributed by atoms with Crippen LogP contribution >= 0.6 is 0 Å². The Morgan fingerprint density at radius 3 is 2.68 bits per heavy atom. The molecule has 1 saturated heterocycles. The van der Waals surface area contributed by atoms with Gasteiger partial charge in [-0.25, -0.2) is 15.8 Å². The molecule has 0 bridgehead atoms. The van der Waals surface area contributed by atoms with Crippen LogP contribution < -0.4 is 16.6 Å². The molecule has 106 valence electrons. The number of ether oxygens (including phenoxy) is 2. The predicted molar refractivity (Wildman–Crippen MR) is 73.0 cm³/mol. The number of aryl methyl sites for hydroxylation is 1. The second-order valence-electron chi connectivity index (χ2n) is 4.78. The molecule has 0 aromatic carbocycles. The molecule has 7 heteroatoms. The maximum absolute atomic E-state index is 5.58. The normalized spacial score (nSPS) is 22.5. The van der Waals surface area contributed by atoms with Gasteiger partial charge in [-0.2, -0.15) is 0 Å². The van der Waals surface area contributed by atoms with E-state index in [1.165, 1.54) is 0 Å². The Labute approximate surface area is 112 Å². The minimum Gasteiger partial charge on any atom is -0.378 e. The number of hydrazine groups is 1. The van der Waals surface area contributed by atoms with Crippen molar-refractivity contribution in [3.8, 4) is 0 Å². The molecule has 0 amide bonds. The summed E-state index contributed by atoms with van der Waals surface area (Å²) in [6, 6.07) is 0. The van der Waals surface area contributed by atoms with E-state index >= 15 is 0 Å². The van der Waals surface area contributed by atoms with Crippen LogP contribution in [0.4, 0.5) is 11.6 Å². The fraction of sp³-hybridized carbons (Fsp3) is 0.667. The van der Waals surface area contributed by atoms with Crippen LogP contribution in [0.2, 0.25) is 0 Å². The Bertz CT molecular complexity index is 446. The van der Waals surface area contributed by atoms with Gasteiger partial charge < -0.3 is 20.2 Å². The first-order valence-corrected chi connectivity index (χ1v) is 6.29. The third-order valence-corrected chi connectivity index (χ3v) is 3.47. The van der Waals surface area contributed by atoms with Crippen LogP contribution in [0.15, 0.2) is 0 Å². The van der Waals surface area contributed by atoms with E-state index in [1.807, 2.05) is 13.8 Å². The number of hydrogen-bond acceptors (Lipinski definition) is 7. The molecule has 4 N–H and O–H groups in total. The molecule has 0 aliphatic carbocycles. The van der Waals surface area contributed by atoms with E-state index in [1.54, 1.807) is 7.11 Å². The SMILES string of the molecule is COC1(CNc2nc(C)nc(NN)c2C)CCOC1. The molecular weight excluding hydrogens is 246 g/mol. The van der Waals surface area contributed by atoms with E-state index in [4.69, 9.17) is 15.3 Å². The molecule has 7 nitrogen and oxygen atoms in total. The average molecular weight is 267 g/mol. The van der Waals surface area contributed by atoms with Gasteiger partial charge in [0.05, 0.1) is 6.61 Å². The molecule has 2 heterocycles. The molecule has 0 spiro atoms. The van der Waals surface area contributed by atoms with E-state index in [0.29, 0.717) is 24.8 Å². The summed E-state index contributed by atoms with van der Waals surface area (Å²) in [4.78, 5) is 8.62. The topological polar surface area (TPSA) is 94.3 Å². The molecule has 1 unspecified atom stereocenters. The molecule has 1 aromatic heterocycles. The first-order valence-electron chi connectivity index (χ1n) is 6.29. The smallest absolute Gasteiger partial charge is 0.148 e. The Morgan fingerprint density at radius 1 is 1.37 bits per heavy atom. The standard InChI is InChI=1S/C12H21N5O2/c1-8-10(15-9(2)16-11(8)17-13)14-6-12(18-3)4-5-19-7-12/h4-7,13H2,1-3H3,(H2,14,15,16,17). The predicted octanol–water partition coefficient (Wildman–Crippen LogP) is 0.596. The summed E-state index contributed by atoms with van der Waals surface area (Å²) < 4.78 is 11.0. The lowest BCUT2D eigenvalue weighted by molar-refractivity contribution is -0.00626. The van der Waals surface area contributed by atoms with Crippen molar-refractivity contribution in [3.05, 3.63) is 11.4 Å². The largest absolute Gasteiger partial charge is 0.378 e. The highest BCUT2D eigenvalue weighted by Crippen LogP contribution is 2.25. The van der Waals surface area contributed by atoms with Crippen LogP contribution in [0.25, 0.3) is 0 Å². The lowest BCUT2D eigenvalue weighted by Crippen LogP contribution is -2.40. The summed E-state index contributed by atoms with van der Waals surface area (Å²) in [6.07, 6.45) is 0.877. The van der Waals surface area contributed by atoms with Gasteiger partial charge >= 0.3 is 0 Å². The minimum absolute atomic E-state index is 0.276. The van der Waals surface area contributed by atoms with Gasteiger partial charge in [0.25, 0.3) is 0 Å². The van der Waals surface area contributed by atoms with Crippen molar-refractivity contribution in [1.82, 2.24) is 9.97 Å². The third kappa shape index (κ3) is 2.94. The van der Waals surface area contributed by atoms with Crippen LogP contribution in [0.3, 0.4) is 0 Å². The number of rotatable bonds is 5. The van der Waals surface area contributed by atoms with E-state index in [-0.39, 0.29) is 5.60 Å². The quantitative estimate of drug-likeness (QED) is 0.531. The fourth-order valence-corrected chi connectivity index (χ4v) is 2.15. The lowest BCUT2D eigenvalue weighted by atomic mass is 10.0. The maximum atomic E-state index is 5.58. The van der Waals surface area contributed by atoms with Gasteiger partial charge in [0.2, 0.25) is 0 Å². The number of nitrogens with two attached hydrogens (primary N) is 1. The monoisotopic (exact) mass is 267 g/mol. The van der Waals surface area contributed by atoms with Crippen molar-refractivity contribution in [3.63, 3.8) is 0 Å². The number of nitrogen functional groups attached to an aromatic ring is 1. The van der Waals surface area contributed by atoms with Crippen LogP contribution in [0.5, 0.6) is 0 Å². The van der Waals surface area contributed by atoms with Gasteiger partial charge in [0, 0.05) is 32.2 Å². The summed E-state index contributed by atoms with van der Waals surface area (Å²) in [5.41, 5.74) is 3.19. The maximum Gasteiger partial charge on any atom is 0.148 e. The molecule has 1 atom stereocenters. The average Bonchev–Trinajstić information content (AvgIpc) is 2.89. The van der Waals surface area contributed by atoms with Crippen molar-refractivity contribution >= 4 is 11.6 Å². The Hall–Kier alpha value is -1.44. The molecule has 2 rings (SSSR count). The summed E-state index contributed by atoms with van der Waals surface area (Å²) in [5, 5.41) is 3.31. The number of nitrogens with zero attached hydrogens (tertiary/aromatic N) is 2. The Balaban J connectivity index is 2.13. The van der Waals surface area contributed by atoms with Gasteiger partial charge in [-0.15, -0.1) is 0 Å². The molecule has 1 aliphatic rings. The van der Waals surface area contributed by atoms with Crippen molar-refractivity contribution in [2.75, 3.05) is 37.6 Å². The molecule has 1 fully saturated rings. The first-order chi connectivity index (χ1) is 9.10. The second-order valence-corrected chi connectivity index (χ2v) is 4.78. The zero-order valence-electron chi connectivity index (χ0n) is 11.6. The van der Waals surface area contributed by atoms with Gasteiger partial charge in [-0.05, 0) is 13.8 Å². The van der Waals surface area contributed by atoms with Gasteiger partial charge in [0.15, 0.2) is 0 Å². The van der Waals surface area contributed by atoms with Crippen molar-refractivity contribution < 1.29 is 9.47 Å². The van der Waals surface area contributed by atoms with Crippen molar-refractivity contribution in [2.45, 2.75) is 25.9 Å². The van der Waals surface area contributed by atoms with E-state index < -0.39 is 0 Å². The first kappa shape index (κ1) is 14.0. The molecular formula is C12H21N5O2.